The molecule has 0 aromatic carbocycles. The van der Waals surface area contributed by atoms with Gasteiger partial charge in [0.1, 0.15) is 17.5 Å². The molecule has 7 rings (SSSR count). The summed E-state index contributed by atoms with van der Waals surface area (Å²) in [5, 5.41) is 30.4. The molecule has 2 aromatic heterocycles. The number of aliphatic hydroxyl groups excluding tert-OH is 1. The van der Waals surface area contributed by atoms with Crippen LogP contribution in [0.5, 0.6) is 0 Å². The minimum atomic E-state index is -0.0888. The van der Waals surface area contributed by atoms with Crippen LogP contribution in [0.25, 0.3) is 0 Å². The van der Waals surface area contributed by atoms with Crippen molar-refractivity contribution in [3.63, 3.8) is 0 Å². The van der Waals surface area contributed by atoms with E-state index in [1.807, 2.05) is 18.5 Å². The summed E-state index contributed by atoms with van der Waals surface area (Å²) in [4.78, 5) is 14.5. The third kappa shape index (κ3) is 5.89. The first-order valence-corrected chi connectivity index (χ1v) is 15.9. The third-order valence-corrected chi connectivity index (χ3v) is 10.8. The molecule has 208 valence electrons. The second kappa shape index (κ2) is 11.6. The van der Waals surface area contributed by atoms with Gasteiger partial charge < -0.3 is 21.1 Å². The zero-order chi connectivity index (χ0) is 26.8. The predicted molar refractivity (Wildman–Crippen MR) is 154 cm³/mol. The Balaban J connectivity index is 1.08. The number of hydrogen-bond donors (Lipinski definition) is 4. The Kier molecular flexibility index (Phi) is 7.97. The van der Waals surface area contributed by atoms with Gasteiger partial charge in [0.2, 0.25) is 5.95 Å². The fraction of sp³-hybridized carbons (Fsp3) is 0.667. The molecule has 0 amide bonds. The number of nitrogens with one attached hydrogen (secondary N) is 3. The number of aliphatic hydroxyl groups is 1. The molecule has 5 fully saturated rings. The zero-order valence-corrected chi connectivity index (χ0v) is 23.7. The first-order chi connectivity index (χ1) is 19.0. The van der Waals surface area contributed by atoms with Gasteiger partial charge in [-0.15, -0.1) is 11.8 Å². The van der Waals surface area contributed by atoms with Gasteiger partial charge in [0, 0.05) is 42.0 Å². The first-order valence-electron chi connectivity index (χ1n) is 14.7. The average Bonchev–Trinajstić information content (AvgIpc) is 2.95. The van der Waals surface area contributed by atoms with Gasteiger partial charge in [-0.25, -0.2) is 4.98 Å². The monoisotopic (exact) mass is 547 g/mol. The lowest BCUT2D eigenvalue weighted by molar-refractivity contribution is -0.0883. The van der Waals surface area contributed by atoms with E-state index >= 15 is 0 Å². The highest BCUT2D eigenvalue weighted by atomic mass is 32.2. The molecule has 8 nitrogen and oxygen atoms in total. The molecule has 0 saturated heterocycles. The van der Waals surface area contributed by atoms with E-state index in [1.165, 1.54) is 37.0 Å². The van der Waals surface area contributed by atoms with Gasteiger partial charge in [-0.3, -0.25) is 4.98 Å². The summed E-state index contributed by atoms with van der Waals surface area (Å²) in [6, 6.07) is 4.87. The van der Waals surface area contributed by atoms with E-state index in [0.717, 1.165) is 68.0 Å². The summed E-state index contributed by atoms with van der Waals surface area (Å²) in [7, 11) is 0. The number of hydrogen-bond acceptors (Lipinski definition) is 9. The maximum absolute atomic E-state index is 9.85. The van der Waals surface area contributed by atoms with Gasteiger partial charge in [0.25, 0.3) is 0 Å². The molecule has 0 radical (unpaired) electrons. The maximum atomic E-state index is 9.85. The molecule has 4 N–H and O–H groups in total. The molecule has 5 atom stereocenters. The Morgan fingerprint density at radius 3 is 2.64 bits per heavy atom. The van der Waals surface area contributed by atoms with E-state index in [9.17, 15) is 10.4 Å². The molecule has 39 heavy (non-hydrogen) atoms. The van der Waals surface area contributed by atoms with Gasteiger partial charge in [-0.2, -0.15) is 10.2 Å². The Hall–Kier alpha value is -2.41. The van der Waals surface area contributed by atoms with Crippen LogP contribution < -0.4 is 16.0 Å². The van der Waals surface area contributed by atoms with Gasteiger partial charge >= 0.3 is 0 Å². The molecule has 3 unspecified atom stereocenters. The van der Waals surface area contributed by atoms with Crippen molar-refractivity contribution < 1.29 is 5.11 Å². The van der Waals surface area contributed by atoms with Crippen LogP contribution >= 0.6 is 11.8 Å². The minimum Gasteiger partial charge on any atom is -0.393 e. The molecule has 9 heteroatoms. The number of nitrogens with zero attached hydrogens (tertiary/aromatic N) is 4. The van der Waals surface area contributed by atoms with E-state index in [0.29, 0.717) is 35.3 Å². The van der Waals surface area contributed by atoms with Crippen molar-refractivity contribution in [3.05, 3.63) is 35.8 Å². The summed E-state index contributed by atoms with van der Waals surface area (Å²) in [5.74, 6) is 4.38. The van der Waals surface area contributed by atoms with Crippen LogP contribution in [0.4, 0.5) is 11.8 Å². The number of anilines is 2. The topological polar surface area (TPSA) is 119 Å². The van der Waals surface area contributed by atoms with Crippen molar-refractivity contribution in [1.82, 2.24) is 20.3 Å². The van der Waals surface area contributed by atoms with Crippen LogP contribution in [-0.4, -0.2) is 51.5 Å². The molecule has 2 aromatic rings. The molecule has 5 aliphatic carbocycles. The van der Waals surface area contributed by atoms with Crippen LogP contribution in [0.15, 0.2) is 29.6 Å². The lowest BCUT2D eigenvalue weighted by atomic mass is 9.46. The molecule has 5 aliphatic rings. The highest BCUT2D eigenvalue weighted by Crippen LogP contribution is 2.62. The number of aromatic nitrogens is 3. The van der Waals surface area contributed by atoms with Crippen LogP contribution in [0.3, 0.4) is 0 Å². The number of pyridine rings is 1. The maximum Gasteiger partial charge on any atom is 0.224 e. The van der Waals surface area contributed by atoms with Crippen molar-refractivity contribution >= 4 is 23.5 Å². The van der Waals surface area contributed by atoms with E-state index in [1.54, 1.807) is 18.0 Å². The number of nitriles is 1. The Bertz CT molecular complexity index is 1180. The van der Waals surface area contributed by atoms with Gasteiger partial charge in [-0.05, 0) is 106 Å². The summed E-state index contributed by atoms with van der Waals surface area (Å²) in [6.07, 6.45) is 18.0. The standard InChI is InChI=1S/C30H41N7OS/c1-39-27-6-7-32-14-23(27)16-35-29-34-15-22(13-31)28(37-29)36-18-30-10-19-8-20(11-30)26(21(9-19)12-30)17-33-24-2-4-25(38)5-3-24/h6-7,14-15,19-21,24-26,33,38H,2-5,8-12,16-18H2,1H3,(H2,34,35,36,37)/t19?,20-,21+,24?,25?,26?,30?. The van der Waals surface area contributed by atoms with E-state index < -0.39 is 0 Å². The largest absolute Gasteiger partial charge is 0.393 e. The summed E-state index contributed by atoms with van der Waals surface area (Å²) >= 11 is 1.70. The first kappa shape index (κ1) is 26.8. The fourth-order valence-corrected chi connectivity index (χ4v) is 8.89. The third-order valence-electron chi connectivity index (χ3n) is 9.99. The van der Waals surface area contributed by atoms with Crippen molar-refractivity contribution in [2.24, 2.45) is 29.1 Å². The van der Waals surface area contributed by atoms with Gasteiger partial charge in [0.05, 0.1) is 12.3 Å². The van der Waals surface area contributed by atoms with E-state index in [-0.39, 0.29) is 6.10 Å². The van der Waals surface area contributed by atoms with Crippen molar-refractivity contribution in [3.8, 4) is 6.07 Å². The second-order valence-electron chi connectivity index (χ2n) is 12.5. The highest BCUT2D eigenvalue weighted by molar-refractivity contribution is 7.98. The Labute approximate surface area is 236 Å². The lowest BCUT2D eigenvalue weighted by Crippen LogP contribution is -2.55. The van der Waals surface area contributed by atoms with Crippen LogP contribution in [0.1, 0.15) is 68.9 Å². The predicted octanol–water partition coefficient (Wildman–Crippen LogP) is 4.82. The van der Waals surface area contributed by atoms with Gasteiger partial charge in [0.15, 0.2) is 0 Å². The Morgan fingerprint density at radius 2 is 1.90 bits per heavy atom. The van der Waals surface area contributed by atoms with Crippen molar-refractivity contribution in [2.45, 2.75) is 81.4 Å². The highest BCUT2D eigenvalue weighted by Gasteiger charge is 2.55. The van der Waals surface area contributed by atoms with Crippen molar-refractivity contribution in [1.29, 1.82) is 5.26 Å². The Morgan fingerprint density at radius 1 is 1.10 bits per heavy atom. The van der Waals surface area contributed by atoms with Crippen LogP contribution in [0, 0.1) is 40.4 Å². The number of rotatable bonds is 10. The van der Waals surface area contributed by atoms with Crippen LogP contribution in [0.2, 0.25) is 0 Å². The minimum absolute atomic E-state index is 0.0888. The van der Waals surface area contributed by atoms with Crippen LogP contribution in [-0.2, 0) is 6.54 Å². The number of thioether (sulfide) groups is 1. The fourth-order valence-electron chi connectivity index (χ4n) is 8.31. The van der Waals surface area contributed by atoms with Gasteiger partial charge in [-0.1, -0.05) is 0 Å². The van der Waals surface area contributed by atoms with Crippen molar-refractivity contribution in [2.75, 3.05) is 30.0 Å². The van der Waals surface area contributed by atoms with E-state index in [4.69, 9.17) is 4.98 Å². The molecular weight excluding hydrogens is 506 g/mol. The molecule has 5 saturated carbocycles. The zero-order valence-electron chi connectivity index (χ0n) is 22.9. The summed E-state index contributed by atoms with van der Waals surface area (Å²) < 4.78 is 0. The van der Waals surface area contributed by atoms with E-state index in [2.05, 4.69) is 38.2 Å². The average molecular weight is 548 g/mol. The molecule has 4 bridgehead atoms. The molecule has 2 heterocycles. The normalized spacial score (nSPS) is 33.1. The quantitative estimate of drug-likeness (QED) is 0.310. The lowest BCUT2D eigenvalue weighted by Gasteiger charge is -2.60. The summed E-state index contributed by atoms with van der Waals surface area (Å²) in [5.41, 5.74) is 1.90. The second-order valence-corrected chi connectivity index (χ2v) is 13.4. The molecule has 0 spiro atoms. The molecular formula is C30H41N7OS. The molecule has 0 aliphatic heterocycles. The summed E-state index contributed by atoms with van der Waals surface area (Å²) in [6.45, 7) is 2.60. The SMILES string of the molecule is CSc1ccncc1CNc1ncc(C#N)c(NCC23CC4C[C@H](C2)C(CNC2CCC(O)CC2)[C@@H](C4)C3)n1. The smallest absolute Gasteiger partial charge is 0.224 e.